The smallest absolute Gasteiger partial charge is 0.417 e. The van der Waals surface area contributed by atoms with Crippen LogP contribution in [0.4, 0.5) is 4.79 Å². The molecular weight excluding hydrogens is 380 g/mol. The molecule has 1 saturated heterocycles. The van der Waals surface area contributed by atoms with Crippen molar-refractivity contribution in [2.75, 3.05) is 19.6 Å². The number of amides is 3. The van der Waals surface area contributed by atoms with Gasteiger partial charge >= 0.3 is 6.09 Å². The molecule has 2 N–H and O–H groups in total. The molecule has 0 unspecified atom stereocenters. The predicted octanol–water partition coefficient (Wildman–Crippen LogP) is 1.37. The monoisotopic (exact) mass is 411 g/mol. The number of hydrogen-bond acceptors (Lipinski definition) is 6. The van der Waals surface area contributed by atoms with E-state index in [1.165, 1.54) is 11.8 Å². The second kappa shape index (κ2) is 9.97. The van der Waals surface area contributed by atoms with Crippen LogP contribution in [-0.4, -0.2) is 64.0 Å². The average Bonchev–Trinajstić information content (AvgIpc) is 3.26. The number of ether oxygens (including phenoxy) is 1. The summed E-state index contributed by atoms with van der Waals surface area (Å²) < 4.78 is 5.44. The van der Waals surface area contributed by atoms with Crippen molar-refractivity contribution in [2.45, 2.75) is 65.1 Å². The zero-order chi connectivity index (χ0) is 20.7. The predicted molar refractivity (Wildman–Crippen MR) is 106 cm³/mol. The molecule has 28 heavy (non-hydrogen) atoms. The van der Waals surface area contributed by atoms with E-state index in [4.69, 9.17) is 4.74 Å². The van der Waals surface area contributed by atoms with Crippen LogP contribution in [0.2, 0.25) is 0 Å². The molecule has 2 heterocycles. The number of carbonyl (C=O) groups excluding carboxylic acids is 3. The van der Waals surface area contributed by atoms with Gasteiger partial charge in [-0.3, -0.25) is 9.59 Å². The van der Waals surface area contributed by atoms with Crippen molar-refractivity contribution >= 4 is 29.2 Å². The summed E-state index contributed by atoms with van der Waals surface area (Å²) in [6.07, 6.45) is 3.11. The zero-order valence-corrected chi connectivity index (χ0v) is 18.0. The Bertz CT molecular complexity index is 672. The first kappa shape index (κ1) is 22.3. The topological polar surface area (TPSA) is 96.4 Å². The van der Waals surface area contributed by atoms with Gasteiger partial charge in [0.25, 0.3) is 5.91 Å². The summed E-state index contributed by atoms with van der Waals surface area (Å²) in [5.74, 6) is -0.487. The largest absolute Gasteiger partial charge is 0.443 e. The van der Waals surface area contributed by atoms with Crippen molar-refractivity contribution in [1.29, 1.82) is 0 Å². The molecule has 1 atom stereocenters. The number of hydrogen-bond donors (Lipinski definition) is 1. The number of thiazole rings is 1. The van der Waals surface area contributed by atoms with Crippen LogP contribution in [0.5, 0.6) is 0 Å². The van der Waals surface area contributed by atoms with Crippen LogP contribution >= 0.6 is 11.3 Å². The number of rotatable bonds is 7. The molecule has 2 rings (SSSR count). The van der Waals surface area contributed by atoms with Crippen molar-refractivity contribution in [2.24, 2.45) is 0 Å². The highest BCUT2D eigenvalue weighted by Gasteiger charge is 2.38. The van der Waals surface area contributed by atoms with Gasteiger partial charge < -0.3 is 15.0 Å². The van der Waals surface area contributed by atoms with Crippen LogP contribution in [-0.2, 0) is 20.9 Å². The number of imide groups is 1. The van der Waals surface area contributed by atoms with E-state index in [-0.39, 0.29) is 18.4 Å². The number of nitrogens with two attached hydrogens (primary N) is 1. The molecule has 0 aromatic carbocycles. The Labute approximate surface area is 170 Å². The quantitative estimate of drug-likeness (QED) is 0.684. The number of aromatic nitrogens is 1. The van der Waals surface area contributed by atoms with Crippen LogP contribution in [0.15, 0.2) is 11.6 Å². The molecular formula is C19H31N4O4S+. The Kier molecular flexibility index (Phi) is 7.94. The van der Waals surface area contributed by atoms with Gasteiger partial charge in [-0.15, -0.1) is 11.3 Å². The number of carbonyl (C=O) groups is 3. The van der Waals surface area contributed by atoms with Crippen LogP contribution in [0.3, 0.4) is 0 Å². The highest BCUT2D eigenvalue weighted by molar-refractivity contribution is 7.09. The first-order valence-electron chi connectivity index (χ1n) is 9.70. The molecule has 0 spiro atoms. The normalized spacial score (nSPS) is 16.9. The molecule has 0 saturated carbocycles. The van der Waals surface area contributed by atoms with Gasteiger partial charge in [0.15, 0.2) is 0 Å². The highest BCUT2D eigenvalue weighted by Crippen LogP contribution is 2.21. The molecule has 1 aromatic rings. The standard InChI is InChI=1S/C19H30N4O4S/c1-14(24)22-10-5-7-15(22)17(25)23(18(26)27-19(2,3)4)11-6-8-20-13-16-21-9-12-28-16/h9,12,15,20H,5-8,10-11,13H2,1-4H3/p+1/t15-/m1/s1. The second-order valence-electron chi connectivity index (χ2n) is 7.90. The van der Waals surface area contributed by atoms with E-state index in [0.29, 0.717) is 19.4 Å². The third-order valence-corrected chi connectivity index (χ3v) is 5.22. The summed E-state index contributed by atoms with van der Waals surface area (Å²) in [7, 11) is 0. The maximum atomic E-state index is 13.1. The average molecular weight is 412 g/mol. The molecule has 1 aliphatic heterocycles. The molecule has 3 amide bonds. The molecule has 8 nitrogen and oxygen atoms in total. The van der Waals surface area contributed by atoms with Gasteiger partial charge in [0, 0.05) is 38.0 Å². The Morgan fingerprint density at radius 1 is 1.39 bits per heavy atom. The van der Waals surface area contributed by atoms with Crippen molar-refractivity contribution in [3.63, 3.8) is 0 Å². The summed E-state index contributed by atoms with van der Waals surface area (Å²) in [6.45, 7) is 9.12. The minimum absolute atomic E-state index is 0.142. The van der Waals surface area contributed by atoms with Crippen molar-refractivity contribution < 1.29 is 24.4 Å². The summed E-state index contributed by atoms with van der Waals surface area (Å²) in [5.41, 5.74) is -0.692. The van der Waals surface area contributed by atoms with Crippen molar-refractivity contribution in [1.82, 2.24) is 14.8 Å². The fourth-order valence-electron chi connectivity index (χ4n) is 3.16. The highest BCUT2D eigenvalue weighted by atomic mass is 32.1. The van der Waals surface area contributed by atoms with Gasteiger partial charge in [-0.1, -0.05) is 0 Å². The number of likely N-dealkylation sites (tertiary alicyclic amines) is 1. The minimum Gasteiger partial charge on any atom is -0.443 e. The van der Waals surface area contributed by atoms with Crippen LogP contribution in [0.1, 0.15) is 52.0 Å². The van der Waals surface area contributed by atoms with Gasteiger partial charge in [0.2, 0.25) is 5.91 Å². The van der Waals surface area contributed by atoms with E-state index < -0.39 is 17.7 Å². The Hall–Kier alpha value is -2.00. The fourth-order valence-corrected chi connectivity index (χ4v) is 3.78. The Morgan fingerprint density at radius 3 is 2.75 bits per heavy atom. The van der Waals surface area contributed by atoms with Crippen molar-refractivity contribution in [3.8, 4) is 0 Å². The first-order valence-corrected chi connectivity index (χ1v) is 10.6. The van der Waals surface area contributed by atoms with Crippen LogP contribution < -0.4 is 5.32 Å². The van der Waals surface area contributed by atoms with E-state index in [1.54, 1.807) is 43.2 Å². The third kappa shape index (κ3) is 6.56. The molecule has 1 aromatic heterocycles. The fraction of sp³-hybridized carbons (Fsp3) is 0.684. The van der Waals surface area contributed by atoms with Gasteiger partial charge in [0.1, 0.15) is 23.2 Å². The second-order valence-corrected chi connectivity index (χ2v) is 8.88. The zero-order valence-electron chi connectivity index (χ0n) is 17.1. The molecule has 9 heteroatoms. The Balaban J connectivity index is 1.96. The SMILES string of the molecule is CC(=O)N1CCC[C@@H]1C(=O)N(CCC[NH2+]Cc1nccs1)C(=O)OC(C)(C)C. The summed E-state index contributed by atoms with van der Waals surface area (Å²) in [5, 5.41) is 5.09. The minimum atomic E-state index is -0.692. The lowest BCUT2D eigenvalue weighted by atomic mass is 10.2. The molecule has 0 aliphatic carbocycles. The number of nitrogens with zero attached hydrogens (tertiary/aromatic N) is 3. The van der Waals surface area contributed by atoms with Crippen molar-refractivity contribution in [3.05, 3.63) is 16.6 Å². The lowest BCUT2D eigenvalue weighted by molar-refractivity contribution is -0.670. The lowest BCUT2D eigenvalue weighted by Gasteiger charge is -2.30. The molecule has 0 radical (unpaired) electrons. The third-order valence-electron chi connectivity index (χ3n) is 4.41. The maximum absolute atomic E-state index is 13.1. The van der Waals surface area contributed by atoms with E-state index in [0.717, 1.165) is 24.5 Å². The first-order chi connectivity index (χ1) is 13.2. The lowest BCUT2D eigenvalue weighted by Crippen LogP contribution is -2.82. The van der Waals surface area contributed by atoms with Crippen LogP contribution in [0, 0.1) is 0 Å². The van der Waals surface area contributed by atoms with E-state index in [2.05, 4.69) is 10.3 Å². The van der Waals surface area contributed by atoms with E-state index in [9.17, 15) is 14.4 Å². The van der Waals surface area contributed by atoms with Gasteiger partial charge in [-0.2, -0.15) is 0 Å². The summed E-state index contributed by atoms with van der Waals surface area (Å²) in [6, 6.07) is -0.579. The molecule has 0 bridgehead atoms. The molecule has 156 valence electrons. The van der Waals surface area contributed by atoms with Gasteiger partial charge in [-0.25, -0.2) is 14.7 Å². The summed E-state index contributed by atoms with van der Waals surface area (Å²) in [4.78, 5) is 44.5. The van der Waals surface area contributed by atoms with E-state index in [1.807, 2.05) is 5.38 Å². The van der Waals surface area contributed by atoms with Gasteiger partial charge in [0.05, 0.1) is 6.54 Å². The van der Waals surface area contributed by atoms with Crippen LogP contribution in [0.25, 0.3) is 0 Å². The maximum Gasteiger partial charge on any atom is 0.417 e. The number of quaternary nitrogens is 1. The molecule has 1 aliphatic rings. The van der Waals surface area contributed by atoms with Gasteiger partial charge in [-0.05, 0) is 33.6 Å². The molecule has 1 fully saturated rings. The summed E-state index contributed by atoms with van der Waals surface area (Å²) >= 11 is 1.60. The Morgan fingerprint density at radius 2 is 2.14 bits per heavy atom. The van der Waals surface area contributed by atoms with E-state index >= 15 is 0 Å².